The Morgan fingerprint density at radius 1 is 1.08 bits per heavy atom. The van der Waals surface area contributed by atoms with Crippen LogP contribution in [0.3, 0.4) is 0 Å². The summed E-state index contributed by atoms with van der Waals surface area (Å²) in [5.41, 5.74) is 0.500. The monoisotopic (exact) mass is 341 g/mol. The fourth-order valence-electron chi connectivity index (χ4n) is 2.65. The molecule has 1 N–H and O–H groups in total. The summed E-state index contributed by atoms with van der Waals surface area (Å²) < 4.78 is 6.55. The second-order valence-corrected chi connectivity index (χ2v) is 5.78. The van der Waals surface area contributed by atoms with E-state index >= 15 is 0 Å². The van der Waals surface area contributed by atoms with Crippen molar-refractivity contribution in [3.63, 3.8) is 0 Å². The van der Waals surface area contributed by atoms with Crippen LogP contribution in [-0.4, -0.2) is 47.6 Å². The standard InChI is InChI=1S/C18H19N3O4/c1-20-12-14(17(23)21-7-9-25-10-8-21)11-15(18(20)24)19-16(22)13-5-3-2-4-6-13/h2-6,11-12H,7-10H2,1H3,(H,19,22). The summed E-state index contributed by atoms with van der Waals surface area (Å²) in [5, 5.41) is 2.60. The predicted molar refractivity (Wildman–Crippen MR) is 92.8 cm³/mol. The van der Waals surface area contributed by atoms with Crippen LogP contribution in [0.5, 0.6) is 0 Å². The zero-order valence-corrected chi connectivity index (χ0v) is 13.9. The van der Waals surface area contributed by atoms with Crippen molar-refractivity contribution in [1.82, 2.24) is 9.47 Å². The number of hydrogen-bond donors (Lipinski definition) is 1. The highest BCUT2D eigenvalue weighted by Crippen LogP contribution is 2.11. The van der Waals surface area contributed by atoms with Crippen molar-refractivity contribution < 1.29 is 14.3 Å². The molecule has 7 nitrogen and oxygen atoms in total. The van der Waals surface area contributed by atoms with Gasteiger partial charge in [-0.25, -0.2) is 0 Å². The molecule has 2 heterocycles. The van der Waals surface area contributed by atoms with Crippen molar-refractivity contribution in [1.29, 1.82) is 0 Å². The fourth-order valence-corrected chi connectivity index (χ4v) is 2.65. The van der Waals surface area contributed by atoms with Gasteiger partial charge in [-0.1, -0.05) is 18.2 Å². The molecule has 0 unspecified atom stereocenters. The summed E-state index contributed by atoms with van der Waals surface area (Å²) in [7, 11) is 1.55. The molecule has 0 spiro atoms. The summed E-state index contributed by atoms with van der Waals surface area (Å²) in [6, 6.07) is 10.0. The third-order valence-corrected chi connectivity index (χ3v) is 4.01. The number of anilines is 1. The number of carbonyl (C=O) groups excluding carboxylic acids is 2. The van der Waals surface area contributed by atoms with Crippen molar-refractivity contribution in [2.75, 3.05) is 31.6 Å². The highest BCUT2D eigenvalue weighted by atomic mass is 16.5. The average Bonchev–Trinajstić information content (AvgIpc) is 2.66. The van der Waals surface area contributed by atoms with Crippen molar-refractivity contribution in [2.45, 2.75) is 0 Å². The molecule has 3 rings (SSSR count). The number of rotatable bonds is 3. The molecule has 130 valence electrons. The third-order valence-electron chi connectivity index (χ3n) is 4.01. The van der Waals surface area contributed by atoms with E-state index in [1.165, 1.54) is 16.8 Å². The minimum absolute atomic E-state index is 0.0791. The average molecular weight is 341 g/mol. The van der Waals surface area contributed by atoms with Crippen LogP contribution in [0.4, 0.5) is 5.69 Å². The van der Waals surface area contributed by atoms with E-state index in [1.54, 1.807) is 42.3 Å². The first-order chi connectivity index (χ1) is 12.1. The number of morpholine rings is 1. The summed E-state index contributed by atoms with van der Waals surface area (Å²) in [4.78, 5) is 38.9. The Hall–Kier alpha value is -2.93. The number of pyridine rings is 1. The smallest absolute Gasteiger partial charge is 0.274 e. The molecule has 1 fully saturated rings. The van der Waals surface area contributed by atoms with Crippen LogP contribution in [0.25, 0.3) is 0 Å². The number of amides is 2. The molecular formula is C18H19N3O4. The number of aromatic nitrogens is 1. The van der Waals surface area contributed by atoms with Gasteiger partial charge in [0, 0.05) is 31.9 Å². The SMILES string of the molecule is Cn1cc(C(=O)N2CCOCC2)cc(NC(=O)c2ccccc2)c1=O. The Kier molecular flexibility index (Phi) is 4.95. The Bertz CT molecular complexity index is 839. The molecule has 0 aliphatic carbocycles. The molecular weight excluding hydrogens is 322 g/mol. The van der Waals surface area contributed by atoms with E-state index in [0.717, 1.165) is 0 Å². The molecule has 1 aliphatic rings. The Balaban J connectivity index is 1.87. The second-order valence-electron chi connectivity index (χ2n) is 5.78. The quantitative estimate of drug-likeness (QED) is 0.907. The van der Waals surface area contributed by atoms with Gasteiger partial charge in [-0.05, 0) is 18.2 Å². The Labute approximate surface area is 144 Å². The van der Waals surface area contributed by atoms with Gasteiger partial charge in [0.05, 0.1) is 18.8 Å². The molecule has 1 aromatic heterocycles. The number of hydrogen-bond acceptors (Lipinski definition) is 4. The number of aryl methyl sites for hydroxylation is 1. The third kappa shape index (κ3) is 3.77. The van der Waals surface area contributed by atoms with E-state index in [0.29, 0.717) is 37.4 Å². The van der Waals surface area contributed by atoms with Crippen LogP contribution in [0.15, 0.2) is 47.4 Å². The van der Waals surface area contributed by atoms with E-state index in [4.69, 9.17) is 4.74 Å². The van der Waals surface area contributed by atoms with Crippen LogP contribution in [0.2, 0.25) is 0 Å². The lowest BCUT2D eigenvalue weighted by Crippen LogP contribution is -2.41. The summed E-state index contributed by atoms with van der Waals surface area (Å²) in [5.74, 6) is -0.581. The first-order valence-corrected chi connectivity index (χ1v) is 8.00. The topological polar surface area (TPSA) is 80.6 Å². The lowest BCUT2D eigenvalue weighted by Gasteiger charge is -2.27. The number of ether oxygens (including phenoxy) is 1. The highest BCUT2D eigenvalue weighted by Gasteiger charge is 2.20. The summed E-state index contributed by atoms with van der Waals surface area (Å²) in [6.45, 7) is 2.00. The van der Waals surface area contributed by atoms with Crippen molar-refractivity contribution >= 4 is 17.5 Å². The molecule has 2 aromatic rings. The van der Waals surface area contributed by atoms with Gasteiger partial charge >= 0.3 is 0 Å². The molecule has 0 bridgehead atoms. The normalized spacial score (nSPS) is 14.2. The van der Waals surface area contributed by atoms with Gasteiger partial charge < -0.3 is 19.5 Å². The molecule has 0 radical (unpaired) electrons. The molecule has 0 saturated carbocycles. The minimum Gasteiger partial charge on any atom is -0.378 e. The minimum atomic E-state index is -0.395. The molecule has 1 saturated heterocycles. The van der Waals surface area contributed by atoms with E-state index in [1.807, 2.05) is 0 Å². The van der Waals surface area contributed by atoms with E-state index in [-0.39, 0.29) is 17.2 Å². The molecule has 25 heavy (non-hydrogen) atoms. The number of nitrogens with one attached hydrogen (secondary N) is 1. The van der Waals surface area contributed by atoms with E-state index in [9.17, 15) is 14.4 Å². The van der Waals surface area contributed by atoms with Crippen LogP contribution in [-0.2, 0) is 11.8 Å². The van der Waals surface area contributed by atoms with E-state index < -0.39 is 5.91 Å². The van der Waals surface area contributed by atoms with Crippen LogP contribution in [0.1, 0.15) is 20.7 Å². The van der Waals surface area contributed by atoms with Crippen molar-refractivity contribution in [3.8, 4) is 0 Å². The number of carbonyl (C=O) groups is 2. The summed E-state index contributed by atoms with van der Waals surface area (Å²) in [6.07, 6.45) is 1.48. The van der Waals surface area contributed by atoms with Gasteiger partial charge in [0.1, 0.15) is 5.69 Å². The highest BCUT2D eigenvalue weighted by molar-refractivity contribution is 6.05. The second kappa shape index (κ2) is 7.31. The van der Waals surface area contributed by atoms with Gasteiger partial charge in [-0.2, -0.15) is 0 Å². The Morgan fingerprint density at radius 3 is 2.44 bits per heavy atom. The van der Waals surface area contributed by atoms with E-state index in [2.05, 4.69) is 5.32 Å². The van der Waals surface area contributed by atoms with Gasteiger partial charge in [0.15, 0.2) is 0 Å². The Morgan fingerprint density at radius 2 is 1.76 bits per heavy atom. The predicted octanol–water partition coefficient (Wildman–Crippen LogP) is 1.11. The number of benzene rings is 1. The zero-order chi connectivity index (χ0) is 17.8. The lowest BCUT2D eigenvalue weighted by molar-refractivity contribution is 0.0302. The largest absolute Gasteiger partial charge is 0.378 e. The van der Waals surface area contributed by atoms with Crippen molar-refractivity contribution in [3.05, 3.63) is 64.1 Å². The van der Waals surface area contributed by atoms with Crippen molar-refractivity contribution in [2.24, 2.45) is 7.05 Å². The summed E-state index contributed by atoms with van der Waals surface area (Å²) >= 11 is 0. The first kappa shape index (κ1) is 16.9. The maximum atomic E-state index is 12.6. The van der Waals surface area contributed by atoms with Gasteiger partial charge in [-0.15, -0.1) is 0 Å². The van der Waals surface area contributed by atoms with Gasteiger partial charge in [0.25, 0.3) is 17.4 Å². The molecule has 1 aliphatic heterocycles. The number of nitrogens with zero attached hydrogens (tertiary/aromatic N) is 2. The zero-order valence-electron chi connectivity index (χ0n) is 13.9. The van der Waals surface area contributed by atoms with Crippen LogP contribution in [0, 0.1) is 0 Å². The molecule has 2 amide bonds. The lowest BCUT2D eigenvalue weighted by atomic mass is 10.2. The molecule has 7 heteroatoms. The van der Waals surface area contributed by atoms with Gasteiger partial charge in [-0.3, -0.25) is 14.4 Å². The van der Waals surface area contributed by atoms with Crippen LogP contribution >= 0.6 is 0 Å². The van der Waals surface area contributed by atoms with Gasteiger partial charge in [0.2, 0.25) is 0 Å². The molecule has 1 aromatic carbocycles. The fraction of sp³-hybridized carbons (Fsp3) is 0.278. The first-order valence-electron chi connectivity index (χ1n) is 8.00. The maximum absolute atomic E-state index is 12.6. The molecule has 0 atom stereocenters. The maximum Gasteiger partial charge on any atom is 0.274 e. The van der Waals surface area contributed by atoms with Crippen LogP contribution < -0.4 is 10.9 Å².